The van der Waals surface area contributed by atoms with Crippen molar-refractivity contribution in [3.8, 4) is 11.5 Å². The molecular weight excluding hydrogens is 340 g/mol. The lowest BCUT2D eigenvalue weighted by Crippen LogP contribution is -2.39. The molecule has 2 N–H and O–H groups in total. The van der Waals surface area contributed by atoms with Gasteiger partial charge in [-0.25, -0.2) is 0 Å². The summed E-state index contributed by atoms with van der Waals surface area (Å²) in [5, 5.41) is 0. The van der Waals surface area contributed by atoms with Gasteiger partial charge < -0.3 is 20.1 Å². The van der Waals surface area contributed by atoms with Gasteiger partial charge in [-0.1, -0.05) is 30.3 Å². The van der Waals surface area contributed by atoms with Gasteiger partial charge in [0, 0.05) is 19.6 Å². The molecular formula is C19H25ClN2O3. The Kier molecular flexibility index (Phi) is 9.43. The van der Waals surface area contributed by atoms with E-state index in [0.717, 1.165) is 12.2 Å². The average molecular weight is 365 g/mol. The number of hydrogen-bond acceptors (Lipinski definition) is 4. The van der Waals surface area contributed by atoms with Crippen LogP contribution >= 0.6 is 12.4 Å². The molecule has 2 aromatic rings. The van der Waals surface area contributed by atoms with Gasteiger partial charge in [0.05, 0.1) is 7.11 Å². The smallest absolute Gasteiger partial charge is 0.260 e. The fourth-order valence-corrected chi connectivity index (χ4v) is 2.33. The van der Waals surface area contributed by atoms with E-state index >= 15 is 0 Å². The Hall–Kier alpha value is -2.24. The van der Waals surface area contributed by atoms with Gasteiger partial charge in [-0.05, 0) is 36.2 Å². The van der Waals surface area contributed by atoms with Crippen molar-refractivity contribution in [2.75, 3.05) is 33.4 Å². The van der Waals surface area contributed by atoms with Crippen LogP contribution in [-0.2, 0) is 11.2 Å². The van der Waals surface area contributed by atoms with E-state index in [1.807, 2.05) is 18.2 Å². The van der Waals surface area contributed by atoms with Crippen LogP contribution in [0, 0.1) is 0 Å². The Labute approximate surface area is 155 Å². The van der Waals surface area contributed by atoms with Crippen LogP contribution in [0.2, 0.25) is 0 Å². The van der Waals surface area contributed by atoms with Crippen LogP contribution < -0.4 is 15.2 Å². The van der Waals surface area contributed by atoms with Crippen LogP contribution in [0.15, 0.2) is 54.6 Å². The van der Waals surface area contributed by atoms with Crippen molar-refractivity contribution in [2.24, 2.45) is 5.73 Å². The molecule has 0 aliphatic carbocycles. The molecule has 0 heterocycles. The maximum absolute atomic E-state index is 12.4. The largest absolute Gasteiger partial charge is 0.497 e. The van der Waals surface area contributed by atoms with Gasteiger partial charge in [-0.15, -0.1) is 12.4 Å². The van der Waals surface area contributed by atoms with Gasteiger partial charge in [0.2, 0.25) is 0 Å². The minimum atomic E-state index is -0.0628. The predicted octanol–water partition coefficient (Wildman–Crippen LogP) is 2.53. The molecule has 0 radical (unpaired) electrons. The number of carbonyl (C=O) groups is 1. The van der Waals surface area contributed by atoms with E-state index in [0.29, 0.717) is 25.4 Å². The maximum atomic E-state index is 12.4. The zero-order valence-electron chi connectivity index (χ0n) is 14.4. The highest BCUT2D eigenvalue weighted by molar-refractivity contribution is 5.85. The van der Waals surface area contributed by atoms with Crippen LogP contribution in [-0.4, -0.2) is 44.2 Å². The molecule has 0 aliphatic heterocycles. The average Bonchev–Trinajstić information content (AvgIpc) is 2.64. The second kappa shape index (κ2) is 11.3. The fourth-order valence-electron chi connectivity index (χ4n) is 2.33. The van der Waals surface area contributed by atoms with E-state index in [9.17, 15) is 4.79 Å². The van der Waals surface area contributed by atoms with Crippen LogP contribution in [0.5, 0.6) is 11.5 Å². The van der Waals surface area contributed by atoms with Gasteiger partial charge in [0.25, 0.3) is 5.91 Å². The lowest BCUT2D eigenvalue weighted by molar-refractivity contribution is -0.133. The lowest BCUT2D eigenvalue weighted by atomic mass is 10.1. The third-order valence-corrected chi connectivity index (χ3v) is 3.69. The summed E-state index contributed by atoms with van der Waals surface area (Å²) in [7, 11) is 1.61. The molecule has 0 saturated carbocycles. The lowest BCUT2D eigenvalue weighted by Gasteiger charge is -2.22. The molecule has 0 aliphatic rings. The highest BCUT2D eigenvalue weighted by atomic mass is 35.5. The molecule has 25 heavy (non-hydrogen) atoms. The van der Waals surface area contributed by atoms with Crippen LogP contribution in [0.25, 0.3) is 0 Å². The summed E-state index contributed by atoms with van der Waals surface area (Å²) >= 11 is 0. The van der Waals surface area contributed by atoms with E-state index in [1.54, 1.807) is 36.3 Å². The number of rotatable bonds is 9. The number of ether oxygens (including phenoxy) is 2. The number of nitrogens with two attached hydrogens (primary N) is 1. The Balaban J connectivity index is 0.00000312. The quantitative estimate of drug-likeness (QED) is 0.742. The Morgan fingerprint density at radius 3 is 2.24 bits per heavy atom. The first kappa shape index (κ1) is 20.8. The van der Waals surface area contributed by atoms with E-state index in [2.05, 4.69) is 12.1 Å². The maximum Gasteiger partial charge on any atom is 0.260 e. The number of halogens is 1. The van der Waals surface area contributed by atoms with Gasteiger partial charge >= 0.3 is 0 Å². The minimum Gasteiger partial charge on any atom is -0.497 e. The molecule has 2 aromatic carbocycles. The Morgan fingerprint density at radius 2 is 1.64 bits per heavy atom. The second-order valence-electron chi connectivity index (χ2n) is 5.37. The summed E-state index contributed by atoms with van der Waals surface area (Å²) in [6.45, 7) is 1.59. The van der Waals surface area contributed by atoms with Crippen LogP contribution in [0.1, 0.15) is 5.56 Å². The summed E-state index contributed by atoms with van der Waals surface area (Å²) in [5.41, 5.74) is 6.82. The van der Waals surface area contributed by atoms with Crippen molar-refractivity contribution < 1.29 is 14.3 Å². The third-order valence-electron chi connectivity index (χ3n) is 3.69. The fraction of sp³-hybridized carbons (Fsp3) is 0.316. The van der Waals surface area contributed by atoms with E-state index in [4.69, 9.17) is 15.2 Å². The Morgan fingerprint density at radius 1 is 1.00 bits per heavy atom. The number of nitrogens with zero attached hydrogens (tertiary/aromatic N) is 1. The topological polar surface area (TPSA) is 64.8 Å². The van der Waals surface area contributed by atoms with Crippen molar-refractivity contribution >= 4 is 18.3 Å². The molecule has 1 amide bonds. The van der Waals surface area contributed by atoms with Gasteiger partial charge in [-0.3, -0.25) is 4.79 Å². The number of methoxy groups -OCH3 is 1. The molecule has 2 rings (SSSR count). The number of hydrogen-bond donors (Lipinski definition) is 1. The van der Waals surface area contributed by atoms with Gasteiger partial charge in [0.1, 0.15) is 11.5 Å². The number of carbonyl (C=O) groups excluding carboxylic acids is 1. The first-order valence-corrected chi connectivity index (χ1v) is 8.01. The summed E-state index contributed by atoms with van der Waals surface area (Å²) in [5.74, 6) is 1.33. The summed E-state index contributed by atoms with van der Waals surface area (Å²) < 4.78 is 10.7. The number of amides is 1. The SMILES string of the molecule is COc1ccc(OCC(=O)N(CCN)CCc2ccccc2)cc1.Cl. The van der Waals surface area contributed by atoms with Crippen LogP contribution in [0.4, 0.5) is 0 Å². The van der Waals surface area contributed by atoms with E-state index < -0.39 is 0 Å². The van der Waals surface area contributed by atoms with Crippen LogP contribution in [0.3, 0.4) is 0 Å². The van der Waals surface area contributed by atoms with Gasteiger partial charge in [0.15, 0.2) is 6.61 Å². The summed E-state index contributed by atoms with van der Waals surface area (Å²) in [6.07, 6.45) is 0.801. The standard InChI is InChI=1S/C19H24N2O3.ClH/c1-23-17-7-9-18(10-8-17)24-15-19(22)21(14-12-20)13-11-16-5-3-2-4-6-16;/h2-10H,11-15,20H2,1H3;1H. The monoisotopic (exact) mass is 364 g/mol. The molecule has 0 atom stereocenters. The molecule has 0 aromatic heterocycles. The van der Waals surface area contributed by atoms with Crippen molar-refractivity contribution in [3.63, 3.8) is 0 Å². The van der Waals surface area contributed by atoms with Gasteiger partial charge in [-0.2, -0.15) is 0 Å². The first-order chi connectivity index (χ1) is 11.7. The third kappa shape index (κ3) is 7.03. The predicted molar refractivity (Wildman–Crippen MR) is 102 cm³/mol. The normalized spacial score (nSPS) is 9.84. The van der Waals surface area contributed by atoms with Crippen molar-refractivity contribution in [1.29, 1.82) is 0 Å². The summed E-state index contributed by atoms with van der Waals surface area (Å²) in [6, 6.07) is 17.2. The highest BCUT2D eigenvalue weighted by Gasteiger charge is 2.13. The number of benzene rings is 2. The van der Waals surface area contributed by atoms with E-state index in [-0.39, 0.29) is 24.9 Å². The Bertz CT molecular complexity index is 620. The van der Waals surface area contributed by atoms with Crippen molar-refractivity contribution in [2.45, 2.75) is 6.42 Å². The zero-order valence-corrected chi connectivity index (χ0v) is 15.2. The van der Waals surface area contributed by atoms with E-state index in [1.165, 1.54) is 5.56 Å². The summed E-state index contributed by atoms with van der Waals surface area (Å²) in [4.78, 5) is 14.1. The molecule has 0 spiro atoms. The minimum absolute atomic E-state index is 0. The molecule has 5 nitrogen and oxygen atoms in total. The molecule has 0 saturated heterocycles. The molecule has 0 bridgehead atoms. The second-order valence-corrected chi connectivity index (χ2v) is 5.37. The molecule has 6 heteroatoms. The highest BCUT2D eigenvalue weighted by Crippen LogP contribution is 2.17. The first-order valence-electron chi connectivity index (χ1n) is 8.01. The van der Waals surface area contributed by atoms with Crippen molar-refractivity contribution in [3.05, 3.63) is 60.2 Å². The molecule has 136 valence electrons. The molecule has 0 unspecified atom stereocenters. The van der Waals surface area contributed by atoms with Crippen molar-refractivity contribution in [1.82, 2.24) is 4.90 Å². The zero-order chi connectivity index (χ0) is 17.2. The molecule has 0 fully saturated rings.